The molecule has 0 amide bonds. The molecule has 1 fully saturated rings. The number of hydrogen-bond donors (Lipinski definition) is 2. The molecule has 2 N–H and O–H groups in total. The first-order valence-electron chi connectivity index (χ1n) is 10.5. The fraction of sp³-hybridized carbons (Fsp3) is 0.115. The quantitative estimate of drug-likeness (QED) is 0.383. The maximum absolute atomic E-state index is 11.2. The van der Waals surface area contributed by atoms with E-state index in [4.69, 9.17) is 21.7 Å². The third-order valence-corrected chi connectivity index (χ3v) is 6.03. The number of carboxylic acid groups (broad SMARTS) is 1. The van der Waals surface area contributed by atoms with E-state index in [2.05, 4.69) is 21.3 Å². The third kappa shape index (κ3) is 3.99. The zero-order valence-electron chi connectivity index (χ0n) is 17.8. The largest absolute Gasteiger partial charge is 0.478 e. The molecular formula is C26H21N3O3S. The van der Waals surface area contributed by atoms with Crippen molar-refractivity contribution in [2.45, 2.75) is 19.0 Å². The molecule has 0 bridgehead atoms. The van der Waals surface area contributed by atoms with E-state index in [1.807, 2.05) is 55.5 Å². The molecule has 5 rings (SSSR count). The summed E-state index contributed by atoms with van der Waals surface area (Å²) in [5.74, 6) is 0.430. The van der Waals surface area contributed by atoms with Crippen molar-refractivity contribution in [3.63, 3.8) is 0 Å². The number of carboxylic acids is 1. The van der Waals surface area contributed by atoms with E-state index in [1.165, 1.54) is 0 Å². The number of benzene rings is 2. The maximum Gasteiger partial charge on any atom is 0.335 e. The Bertz CT molecular complexity index is 1320. The van der Waals surface area contributed by atoms with Gasteiger partial charge in [-0.25, -0.2) is 4.79 Å². The van der Waals surface area contributed by atoms with Crippen molar-refractivity contribution >= 4 is 29.0 Å². The lowest BCUT2D eigenvalue weighted by Gasteiger charge is -2.26. The Labute approximate surface area is 196 Å². The highest BCUT2D eigenvalue weighted by molar-refractivity contribution is 7.80. The Morgan fingerprint density at radius 3 is 2.58 bits per heavy atom. The van der Waals surface area contributed by atoms with E-state index < -0.39 is 5.97 Å². The standard InChI is InChI=1S/C26H21N3O3S/c1-16-5-4-6-19(15-16)29-24(23(28-26(29)33)20-7-2-3-14-27-20)22-13-12-21(32-22)17-8-10-18(11-9-17)25(30)31/h2-15,23-24H,1H3,(H,28,33)(H,30,31)/t23-,24+/m0/s1. The van der Waals surface area contributed by atoms with Crippen LogP contribution in [0, 0.1) is 6.92 Å². The number of pyridine rings is 1. The molecule has 0 radical (unpaired) electrons. The summed E-state index contributed by atoms with van der Waals surface area (Å²) in [6.45, 7) is 2.05. The molecule has 1 saturated heterocycles. The molecule has 4 aromatic rings. The first kappa shape index (κ1) is 20.9. The van der Waals surface area contributed by atoms with Crippen LogP contribution in [-0.4, -0.2) is 21.2 Å². The van der Waals surface area contributed by atoms with Gasteiger partial charge in [0.05, 0.1) is 17.3 Å². The molecular weight excluding hydrogens is 434 g/mol. The molecule has 1 aliphatic heterocycles. The van der Waals surface area contributed by atoms with Crippen LogP contribution in [0.5, 0.6) is 0 Å². The van der Waals surface area contributed by atoms with Crippen molar-refractivity contribution in [1.29, 1.82) is 0 Å². The number of carbonyl (C=O) groups is 1. The van der Waals surface area contributed by atoms with Gasteiger partial charge in [-0.2, -0.15) is 0 Å². The Hall–Kier alpha value is -3.97. The van der Waals surface area contributed by atoms with Crippen molar-refractivity contribution < 1.29 is 14.3 Å². The highest BCUT2D eigenvalue weighted by Crippen LogP contribution is 2.43. The number of aryl methyl sites for hydroxylation is 1. The maximum atomic E-state index is 11.2. The Morgan fingerprint density at radius 1 is 1.06 bits per heavy atom. The van der Waals surface area contributed by atoms with Gasteiger partial charge in [0.15, 0.2) is 5.11 Å². The minimum atomic E-state index is -0.959. The van der Waals surface area contributed by atoms with Crippen molar-refractivity contribution in [2.24, 2.45) is 0 Å². The monoisotopic (exact) mass is 455 g/mol. The third-order valence-electron chi connectivity index (χ3n) is 5.71. The number of rotatable bonds is 5. The molecule has 33 heavy (non-hydrogen) atoms. The fourth-order valence-corrected chi connectivity index (χ4v) is 4.49. The molecule has 7 heteroatoms. The van der Waals surface area contributed by atoms with Crippen LogP contribution < -0.4 is 10.2 Å². The lowest BCUT2D eigenvalue weighted by Crippen LogP contribution is -2.29. The number of anilines is 1. The SMILES string of the molecule is Cc1cccc(N2C(=S)N[C@@H](c3ccccn3)[C@H]2c2ccc(-c3ccc(C(=O)O)cc3)o2)c1. The van der Waals surface area contributed by atoms with Crippen LogP contribution in [0.15, 0.2) is 89.5 Å². The lowest BCUT2D eigenvalue weighted by atomic mass is 10.0. The molecule has 2 aromatic heterocycles. The molecule has 3 heterocycles. The summed E-state index contributed by atoms with van der Waals surface area (Å²) in [7, 11) is 0. The van der Waals surface area contributed by atoms with Gasteiger partial charge in [0.2, 0.25) is 0 Å². The van der Waals surface area contributed by atoms with Gasteiger partial charge < -0.3 is 19.7 Å². The Kier molecular flexibility index (Phi) is 5.40. The second kappa shape index (κ2) is 8.52. The van der Waals surface area contributed by atoms with Gasteiger partial charge in [0.25, 0.3) is 0 Å². The van der Waals surface area contributed by atoms with Gasteiger partial charge in [-0.05, 0) is 73.2 Å². The summed E-state index contributed by atoms with van der Waals surface area (Å²) in [6.07, 6.45) is 1.77. The Balaban J connectivity index is 1.57. The van der Waals surface area contributed by atoms with E-state index in [1.54, 1.807) is 30.5 Å². The molecule has 1 aliphatic rings. The van der Waals surface area contributed by atoms with E-state index >= 15 is 0 Å². The zero-order valence-corrected chi connectivity index (χ0v) is 18.6. The van der Waals surface area contributed by atoms with Crippen molar-refractivity contribution in [3.05, 3.63) is 108 Å². The highest BCUT2D eigenvalue weighted by atomic mass is 32.1. The predicted molar refractivity (Wildman–Crippen MR) is 130 cm³/mol. The molecule has 2 atom stereocenters. The van der Waals surface area contributed by atoms with Crippen LogP contribution in [0.25, 0.3) is 11.3 Å². The highest BCUT2D eigenvalue weighted by Gasteiger charge is 2.42. The van der Waals surface area contributed by atoms with E-state index in [0.717, 1.165) is 28.3 Å². The summed E-state index contributed by atoms with van der Waals surface area (Å²) >= 11 is 5.75. The van der Waals surface area contributed by atoms with Crippen LogP contribution in [0.2, 0.25) is 0 Å². The van der Waals surface area contributed by atoms with Gasteiger partial charge in [-0.15, -0.1) is 0 Å². The van der Waals surface area contributed by atoms with Crippen molar-refractivity contribution in [1.82, 2.24) is 10.3 Å². The average molecular weight is 456 g/mol. The molecule has 0 unspecified atom stereocenters. The second-order valence-electron chi connectivity index (χ2n) is 7.92. The molecule has 0 saturated carbocycles. The average Bonchev–Trinajstić information content (AvgIpc) is 3.44. The molecule has 2 aromatic carbocycles. The first-order valence-corrected chi connectivity index (χ1v) is 10.9. The Morgan fingerprint density at radius 2 is 1.88 bits per heavy atom. The summed E-state index contributed by atoms with van der Waals surface area (Å²) in [6, 6.07) is 24.0. The number of nitrogens with zero attached hydrogens (tertiary/aromatic N) is 2. The normalized spacial score (nSPS) is 17.7. The molecule has 6 nitrogen and oxygen atoms in total. The van der Waals surface area contributed by atoms with Gasteiger partial charge in [0, 0.05) is 17.4 Å². The summed E-state index contributed by atoms with van der Waals surface area (Å²) < 4.78 is 6.32. The number of thiocarbonyl (C=S) groups is 1. The predicted octanol–water partition coefficient (Wildman–Crippen LogP) is 5.53. The zero-order chi connectivity index (χ0) is 22.9. The number of nitrogens with one attached hydrogen (secondary N) is 1. The number of aromatic carboxylic acids is 1. The van der Waals surface area contributed by atoms with E-state index in [0.29, 0.717) is 10.9 Å². The van der Waals surface area contributed by atoms with Crippen LogP contribution in [-0.2, 0) is 0 Å². The number of hydrogen-bond acceptors (Lipinski definition) is 4. The van der Waals surface area contributed by atoms with Gasteiger partial charge in [-0.1, -0.05) is 30.3 Å². The van der Waals surface area contributed by atoms with Crippen LogP contribution in [0.3, 0.4) is 0 Å². The van der Waals surface area contributed by atoms with Crippen LogP contribution in [0.4, 0.5) is 5.69 Å². The smallest absolute Gasteiger partial charge is 0.335 e. The minimum absolute atomic E-state index is 0.201. The van der Waals surface area contributed by atoms with Gasteiger partial charge >= 0.3 is 5.97 Å². The van der Waals surface area contributed by atoms with E-state index in [9.17, 15) is 4.79 Å². The van der Waals surface area contributed by atoms with Crippen LogP contribution in [0.1, 0.15) is 39.5 Å². The first-order chi connectivity index (χ1) is 16.0. The van der Waals surface area contributed by atoms with Crippen molar-refractivity contribution in [2.75, 3.05) is 4.90 Å². The molecule has 164 valence electrons. The lowest BCUT2D eigenvalue weighted by molar-refractivity contribution is 0.0697. The van der Waals surface area contributed by atoms with E-state index in [-0.39, 0.29) is 17.6 Å². The van der Waals surface area contributed by atoms with Gasteiger partial charge in [-0.3, -0.25) is 4.98 Å². The number of aromatic nitrogens is 1. The topological polar surface area (TPSA) is 78.6 Å². The van der Waals surface area contributed by atoms with Gasteiger partial charge in [0.1, 0.15) is 17.6 Å². The second-order valence-corrected chi connectivity index (χ2v) is 8.31. The summed E-state index contributed by atoms with van der Waals surface area (Å²) in [4.78, 5) is 17.8. The number of furan rings is 1. The molecule has 0 spiro atoms. The fourth-order valence-electron chi connectivity index (χ4n) is 4.14. The summed E-state index contributed by atoms with van der Waals surface area (Å²) in [5, 5.41) is 13.2. The van der Waals surface area contributed by atoms with Crippen molar-refractivity contribution in [3.8, 4) is 11.3 Å². The summed E-state index contributed by atoms with van der Waals surface area (Å²) in [5.41, 5.74) is 4.01. The minimum Gasteiger partial charge on any atom is -0.478 e. The molecule has 0 aliphatic carbocycles. The van der Waals surface area contributed by atoms with Crippen LogP contribution >= 0.6 is 12.2 Å².